The van der Waals surface area contributed by atoms with Crippen molar-refractivity contribution in [3.8, 4) is 0 Å². The monoisotopic (exact) mass is 212 g/mol. The Bertz CT molecular complexity index is 342. The number of nitrogens with zero attached hydrogens (tertiary/aromatic N) is 2. The third-order valence-corrected chi connectivity index (χ3v) is 2.20. The fraction of sp³-hybridized carbons (Fsp3) is 0.556. The summed E-state index contributed by atoms with van der Waals surface area (Å²) in [5, 5.41) is 8.69. The first kappa shape index (κ1) is 9.97. The maximum atomic E-state index is 10.6. The van der Waals surface area contributed by atoms with E-state index in [-0.39, 0.29) is 5.69 Å². The highest BCUT2D eigenvalue weighted by Gasteiger charge is 2.17. The van der Waals surface area contributed by atoms with Gasteiger partial charge in [0.05, 0.1) is 6.61 Å². The maximum Gasteiger partial charge on any atom is 0.357 e. The number of oxazole rings is 1. The summed E-state index contributed by atoms with van der Waals surface area (Å²) >= 11 is 0. The number of rotatable bonds is 2. The van der Waals surface area contributed by atoms with Gasteiger partial charge in [-0.15, -0.1) is 0 Å². The van der Waals surface area contributed by atoms with E-state index in [1.807, 2.05) is 4.90 Å². The van der Waals surface area contributed by atoms with Crippen molar-refractivity contribution < 1.29 is 19.1 Å². The number of aromatic nitrogens is 1. The van der Waals surface area contributed by atoms with Crippen LogP contribution in [0.4, 0.5) is 6.01 Å². The molecule has 1 saturated heterocycles. The van der Waals surface area contributed by atoms with E-state index < -0.39 is 5.97 Å². The van der Waals surface area contributed by atoms with Crippen molar-refractivity contribution in [1.29, 1.82) is 0 Å². The number of ether oxygens (including phenoxy) is 1. The molecule has 2 heterocycles. The Morgan fingerprint density at radius 2 is 2.33 bits per heavy atom. The molecule has 1 aromatic heterocycles. The third-order valence-electron chi connectivity index (χ3n) is 2.20. The van der Waals surface area contributed by atoms with Gasteiger partial charge in [-0.1, -0.05) is 0 Å². The van der Waals surface area contributed by atoms with Gasteiger partial charge >= 0.3 is 5.97 Å². The number of hydrogen-bond donors (Lipinski definition) is 1. The molecule has 0 amide bonds. The summed E-state index contributed by atoms with van der Waals surface area (Å²) in [5.74, 6) is -1.07. The summed E-state index contributed by atoms with van der Waals surface area (Å²) in [5.41, 5.74) is -0.0600. The summed E-state index contributed by atoms with van der Waals surface area (Å²) in [6.45, 7) is 2.80. The quantitative estimate of drug-likeness (QED) is 0.773. The lowest BCUT2D eigenvalue weighted by atomic mass is 10.4. The highest BCUT2D eigenvalue weighted by atomic mass is 16.5. The van der Waals surface area contributed by atoms with E-state index in [4.69, 9.17) is 14.3 Å². The van der Waals surface area contributed by atoms with Crippen molar-refractivity contribution >= 4 is 12.0 Å². The fourth-order valence-electron chi connectivity index (χ4n) is 1.45. The lowest BCUT2D eigenvalue weighted by Crippen LogP contribution is -2.26. The molecule has 82 valence electrons. The summed E-state index contributed by atoms with van der Waals surface area (Å²) in [6, 6.07) is 0.359. The molecule has 15 heavy (non-hydrogen) atoms. The van der Waals surface area contributed by atoms with Gasteiger partial charge < -0.3 is 19.2 Å². The number of carbonyl (C=O) groups is 1. The standard InChI is InChI=1S/C9H12N2O4/c12-8(13)7-6-15-9(10-7)11-2-1-4-14-5-3-11/h6H,1-5H2,(H,12,13). The summed E-state index contributed by atoms with van der Waals surface area (Å²) in [4.78, 5) is 16.4. The average Bonchev–Trinajstić information content (AvgIpc) is 2.55. The van der Waals surface area contributed by atoms with E-state index >= 15 is 0 Å². The Hall–Kier alpha value is -1.56. The van der Waals surface area contributed by atoms with E-state index in [9.17, 15) is 4.79 Å². The Morgan fingerprint density at radius 3 is 3.07 bits per heavy atom. The SMILES string of the molecule is O=C(O)c1coc(N2CCCOCC2)n1. The molecular formula is C9H12N2O4. The van der Waals surface area contributed by atoms with E-state index in [1.54, 1.807) is 0 Å². The molecule has 0 radical (unpaired) electrons. The highest BCUT2D eigenvalue weighted by molar-refractivity contribution is 5.85. The van der Waals surface area contributed by atoms with Crippen molar-refractivity contribution in [2.45, 2.75) is 6.42 Å². The van der Waals surface area contributed by atoms with Gasteiger partial charge in [-0.2, -0.15) is 4.98 Å². The molecule has 0 bridgehead atoms. The minimum atomic E-state index is -1.07. The molecule has 1 aromatic rings. The van der Waals surface area contributed by atoms with Crippen LogP contribution >= 0.6 is 0 Å². The minimum absolute atomic E-state index is 0.0600. The predicted octanol–water partition coefficient (Wildman–Crippen LogP) is 0.600. The molecule has 1 fully saturated rings. The normalized spacial score (nSPS) is 17.5. The first-order chi connectivity index (χ1) is 7.27. The van der Waals surface area contributed by atoms with Crippen molar-refractivity contribution in [3.63, 3.8) is 0 Å². The lowest BCUT2D eigenvalue weighted by Gasteiger charge is -2.15. The van der Waals surface area contributed by atoms with Crippen LogP contribution in [0.2, 0.25) is 0 Å². The third kappa shape index (κ3) is 2.27. The van der Waals surface area contributed by atoms with Crippen molar-refractivity contribution in [1.82, 2.24) is 4.98 Å². The van der Waals surface area contributed by atoms with Crippen LogP contribution in [0.25, 0.3) is 0 Å². The average molecular weight is 212 g/mol. The molecule has 0 atom stereocenters. The van der Waals surface area contributed by atoms with Crippen molar-refractivity contribution in [3.05, 3.63) is 12.0 Å². The van der Waals surface area contributed by atoms with Gasteiger partial charge in [0.25, 0.3) is 6.01 Å². The molecule has 1 N–H and O–H groups in total. The molecule has 0 aliphatic carbocycles. The van der Waals surface area contributed by atoms with E-state index in [2.05, 4.69) is 4.98 Å². The lowest BCUT2D eigenvalue weighted by molar-refractivity contribution is 0.0690. The molecule has 0 unspecified atom stereocenters. The number of carboxylic acids is 1. The Balaban J connectivity index is 2.10. The zero-order valence-electron chi connectivity index (χ0n) is 8.18. The van der Waals surface area contributed by atoms with Gasteiger partial charge in [-0.25, -0.2) is 4.79 Å². The number of carboxylic acid groups (broad SMARTS) is 1. The topological polar surface area (TPSA) is 75.8 Å². The number of anilines is 1. The zero-order valence-corrected chi connectivity index (χ0v) is 8.18. The molecule has 1 aliphatic rings. The van der Waals surface area contributed by atoms with E-state index in [1.165, 1.54) is 0 Å². The van der Waals surface area contributed by atoms with Gasteiger partial charge in [0, 0.05) is 19.7 Å². The van der Waals surface area contributed by atoms with Gasteiger partial charge in [-0.3, -0.25) is 0 Å². The molecule has 0 spiro atoms. The van der Waals surface area contributed by atoms with Crippen LogP contribution in [0, 0.1) is 0 Å². The van der Waals surface area contributed by atoms with Crippen LogP contribution in [0.5, 0.6) is 0 Å². The summed E-state index contributed by atoms with van der Waals surface area (Å²) < 4.78 is 10.4. The first-order valence-electron chi connectivity index (χ1n) is 4.79. The molecule has 0 aromatic carbocycles. The molecule has 2 rings (SSSR count). The van der Waals surface area contributed by atoms with Gasteiger partial charge in [0.15, 0.2) is 5.69 Å². The van der Waals surface area contributed by atoms with Crippen LogP contribution in [0.15, 0.2) is 10.7 Å². The molecule has 6 nitrogen and oxygen atoms in total. The Kier molecular flexibility index (Phi) is 2.86. The van der Waals surface area contributed by atoms with Crippen molar-refractivity contribution in [2.24, 2.45) is 0 Å². The summed E-state index contributed by atoms with van der Waals surface area (Å²) in [7, 11) is 0. The van der Waals surface area contributed by atoms with Crippen LogP contribution in [-0.4, -0.2) is 42.4 Å². The molecule has 1 aliphatic heterocycles. The van der Waals surface area contributed by atoms with Crippen LogP contribution < -0.4 is 4.90 Å². The van der Waals surface area contributed by atoms with Crippen LogP contribution in [0.1, 0.15) is 16.9 Å². The second kappa shape index (κ2) is 4.31. The second-order valence-corrected chi connectivity index (χ2v) is 3.27. The van der Waals surface area contributed by atoms with Gasteiger partial charge in [0.1, 0.15) is 6.26 Å². The van der Waals surface area contributed by atoms with Crippen LogP contribution in [-0.2, 0) is 4.74 Å². The molecular weight excluding hydrogens is 200 g/mol. The smallest absolute Gasteiger partial charge is 0.357 e. The van der Waals surface area contributed by atoms with Crippen LogP contribution in [0.3, 0.4) is 0 Å². The number of hydrogen-bond acceptors (Lipinski definition) is 5. The predicted molar refractivity (Wildman–Crippen MR) is 51.1 cm³/mol. The van der Waals surface area contributed by atoms with Crippen molar-refractivity contribution in [2.75, 3.05) is 31.2 Å². The number of aromatic carboxylic acids is 1. The molecule has 0 saturated carbocycles. The van der Waals surface area contributed by atoms with Gasteiger partial charge in [0.2, 0.25) is 0 Å². The Morgan fingerprint density at radius 1 is 1.47 bits per heavy atom. The first-order valence-corrected chi connectivity index (χ1v) is 4.79. The summed E-state index contributed by atoms with van der Waals surface area (Å²) in [6.07, 6.45) is 2.05. The van der Waals surface area contributed by atoms with E-state index in [0.717, 1.165) is 25.8 Å². The minimum Gasteiger partial charge on any atom is -0.476 e. The van der Waals surface area contributed by atoms with E-state index in [0.29, 0.717) is 19.2 Å². The maximum absolute atomic E-state index is 10.6. The fourth-order valence-corrected chi connectivity index (χ4v) is 1.45. The largest absolute Gasteiger partial charge is 0.476 e. The van der Waals surface area contributed by atoms with Gasteiger partial charge in [-0.05, 0) is 6.42 Å². The second-order valence-electron chi connectivity index (χ2n) is 3.27. The molecule has 6 heteroatoms. The Labute approximate surface area is 86.5 Å². The highest BCUT2D eigenvalue weighted by Crippen LogP contribution is 2.15. The zero-order chi connectivity index (χ0) is 10.7.